The van der Waals surface area contributed by atoms with Crippen molar-refractivity contribution in [3.05, 3.63) is 0 Å². The maximum absolute atomic E-state index is 10.3. The maximum atomic E-state index is 10.3. The van der Waals surface area contributed by atoms with Crippen LogP contribution in [0.2, 0.25) is 0 Å². The summed E-state index contributed by atoms with van der Waals surface area (Å²) in [5.74, 6) is 0.993. The summed E-state index contributed by atoms with van der Waals surface area (Å²) in [6.45, 7) is 8.46. The molecule has 1 aliphatic rings. The van der Waals surface area contributed by atoms with Crippen molar-refractivity contribution in [3.8, 4) is 0 Å². The van der Waals surface area contributed by atoms with Crippen molar-refractivity contribution in [2.45, 2.75) is 39.2 Å². The minimum Gasteiger partial charge on any atom is -0.390 e. The Kier molecular flexibility index (Phi) is 3.13. The van der Waals surface area contributed by atoms with E-state index in [0.717, 1.165) is 25.9 Å². The van der Waals surface area contributed by atoms with E-state index in [-0.39, 0.29) is 0 Å². The highest BCUT2D eigenvalue weighted by atomic mass is 16.3. The van der Waals surface area contributed by atoms with Gasteiger partial charge in [-0.15, -0.1) is 0 Å². The van der Waals surface area contributed by atoms with Gasteiger partial charge < -0.3 is 10.4 Å². The second-order valence-corrected chi connectivity index (χ2v) is 4.39. The molecule has 72 valence electrons. The Bertz CT molecular complexity index is 139. The first kappa shape index (κ1) is 10.0. The lowest BCUT2D eigenvalue weighted by Crippen LogP contribution is -2.47. The van der Waals surface area contributed by atoms with E-state index in [9.17, 15) is 5.11 Å². The first-order valence-electron chi connectivity index (χ1n) is 4.99. The van der Waals surface area contributed by atoms with Gasteiger partial charge in [-0.05, 0) is 37.8 Å². The summed E-state index contributed by atoms with van der Waals surface area (Å²) in [6, 6.07) is 0. The highest BCUT2D eigenvalue weighted by molar-refractivity contribution is 4.89. The average molecular weight is 171 g/mol. The molecule has 1 rings (SSSR count). The Labute approximate surface area is 75.4 Å². The Balaban J connectivity index is 2.56. The highest BCUT2D eigenvalue weighted by Crippen LogP contribution is 2.31. The zero-order chi connectivity index (χ0) is 9.19. The first-order valence-corrected chi connectivity index (χ1v) is 4.99. The van der Waals surface area contributed by atoms with Crippen LogP contribution in [0.25, 0.3) is 0 Å². The highest BCUT2D eigenvalue weighted by Gasteiger charge is 2.36. The van der Waals surface area contributed by atoms with Crippen molar-refractivity contribution >= 4 is 0 Å². The Morgan fingerprint density at radius 1 is 1.17 bits per heavy atom. The second-order valence-electron chi connectivity index (χ2n) is 4.39. The van der Waals surface area contributed by atoms with Gasteiger partial charge in [-0.25, -0.2) is 0 Å². The van der Waals surface area contributed by atoms with Crippen molar-refractivity contribution in [2.75, 3.05) is 13.1 Å². The van der Waals surface area contributed by atoms with Gasteiger partial charge in [0.2, 0.25) is 0 Å². The molecule has 0 bridgehead atoms. The van der Waals surface area contributed by atoms with E-state index < -0.39 is 5.60 Å². The maximum Gasteiger partial charge on any atom is 0.0699 e. The van der Waals surface area contributed by atoms with Crippen LogP contribution >= 0.6 is 0 Å². The van der Waals surface area contributed by atoms with Gasteiger partial charge in [-0.3, -0.25) is 0 Å². The van der Waals surface area contributed by atoms with Crippen LogP contribution in [0.4, 0.5) is 0 Å². The third-order valence-electron chi connectivity index (χ3n) is 3.32. The molecule has 1 atom stereocenters. The lowest BCUT2D eigenvalue weighted by Gasteiger charge is -2.39. The molecule has 2 heteroatoms. The molecule has 1 aliphatic heterocycles. The average Bonchev–Trinajstić information content (AvgIpc) is 2.04. The van der Waals surface area contributed by atoms with Gasteiger partial charge in [-0.1, -0.05) is 20.8 Å². The van der Waals surface area contributed by atoms with Crippen LogP contribution < -0.4 is 5.32 Å². The molecular formula is C10H21NO. The SMILES string of the molecule is CC(C)C(C)C1(O)CCNCC1. The summed E-state index contributed by atoms with van der Waals surface area (Å²) < 4.78 is 0. The van der Waals surface area contributed by atoms with Crippen LogP contribution in [0.1, 0.15) is 33.6 Å². The molecule has 0 saturated carbocycles. The molecule has 1 fully saturated rings. The molecule has 0 aliphatic carbocycles. The predicted molar refractivity (Wildman–Crippen MR) is 51.1 cm³/mol. The molecule has 0 spiro atoms. The number of nitrogens with one attached hydrogen (secondary N) is 1. The zero-order valence-corrected chi connectivity index (χ0v) is 8.43. The van der Waals surface area contributed by atoms with Crippen LogP contribution in [0, 0.1) is 11.8 Å². The van der Waals surface area contributed by atoms with Crippen LogP contribution in [0.3, 0.4) is 0 Å². The summed E-state index contributed by atoms with van der Waals surface area (Å²) in [7, 11) is 0. The van der Waals surface area contributed by atoms with Crippen molar-refractivity contribution < 1.29 is 5.11 Å². The molecule has 1 heterocycles. The van der Waals surface area contributed by atoms with Crippen LogP contribution in [0.5, 0.6) is 0 Å². The van der Waals surface area contributed by atoms with E-state index in [4.69, 9.17) is 0 Å². The van der Waals surface area contributed by atoms with E-state index in [1.54, 1.807) is 0 Å². The number of rotatable bonds is 2. The Morgan fingerprint density at radius 2 is 1.67 bits per heavy atom. The fourth-order valence-electron chi connectivity index (χ4n) is 1.94. The molecule has 0 aromatic carbocycles. The minimum absolute atomic E-state index is 0.403. The number of hydrogen-bond acceptors (Lipinski definition) is 2. The quantitative estimate of drug-likeness (QED) is 0.658. The second kappa shape index (κ2) is 3.75. The van der Waals surface area contributed by atoms with Gasteiger partial charge in [0.05, 0.1) is 5.60 Å². The largest absolute Gasteiger partial charge is 0.390 e. The molecule has 0 amide bonds. The fraction of sp³-hybridized carbons (Fsp3) is 1.00. The third kappa shape index (κ3) is 1.99. The molecule has 2 nitrogen and oxygen atoms in total. The summed E-state index contributed by atoms with van der Waals surface area (Å²) in [4.78, 5) is 0. The summed E-state index contributed by atoms with van der Waals surface area (Å²) in [6.07, 6.45) is 1.82. The first-order chi connectivity index (χ1) is 5.56. The number of aliphatic hydroxyl groups is 1. The van der Waals surface area contributed by atoms with Crippen molar-refractivity contribution in [2.24, 2.45) is 11.8 Å². The normalized spacial score (nSPS) is 25.8. The van der Waals surface area contributed by atoms with E-state index in [0.29, 0.717) is 11.8 Å². The van der Waals surface area contributed by atoms with Gasteiger partial charge in [-0.2, -0.15) is 0 Å². The standard InChI is InChI=1S/C10H21NO/c1-8(2)9(3)10(12)4-6-11-7-5-10/h8-9,11-12H,4-7H2,1-3H3. The molecular weight excluding hydrogens is 150 g/mol. The van der Waals surface area contributed by atoms with Crippen molar-refractivity contribution in [1.82, 2.24) is 5.32 Å². The number of piperidine rings is 1. The Morgan fingerprint density at radius 3 is 2.08 bits per heavy atom. The topological polar surface area (TPSA) is 32.3 Å². The fourth-order valence-corrected chi connectivity index (χ4v) is 1.94. The van der Waals surface area contributed by atoms with Crippen LogP contribution in [-0.2, 0) is 0 Å². The van der Waals surface area contributed by atoms with Gasteiger partial charge in [0.15, 0.2) is 0 Å². The molecule has 0 aromatic rings. The molecule has 0 radical (unpaired) electrons. The predicted octanol–water partition coefficient (Wildman–Crippen LogP) is 1.39. The van der Waals surface area contributed by atoms with Crippen molar-refractivity contribution in [3.63, 3.8) is 0 Å². The molecule has 0 aromatic heterocycles. The van der Waals surface area contributed by atoms with Gasteiger partial charge in [0.25, 0.3) is 0 Å². The van der Waals surface area contributed by atoms with Crippen LogP contribution in [0.15, 0.2) is 0 Å². The van der Waals surface area contributed by atoms with Gasteiger partial charge in [0, 0.05) is 0 Å². The van der Waals surface area contributed by atoms with E-state index >= 15 is 0 Å². The monoisotopic (exact) mass is 171 g/mol. The van der Waals surface area contributed by atoms with E-state index in [2.05, 4.69) is 26.1 Å². The molecule has 12 heavy (non-hydrogen) atoms. The Hall–Kier alpha value is -0.0800. The molecule has 1 saturated heterocycles. The summed E-state index contributed by atoms with van der Waals surface area (Å²) >= 11 is 0. The van der Waals surface area contributed by atoms with E-state index in [1.165, 1.54) is 0 Å². The lowest BCUT2D eigenvalue weighted by molar-refractivity contribution is -0.0527. The van der Waals surface area contributed by atoms with Gasteiger partial charge in [0.1, 0.15) is 0 Å². The smallest absolute Gasteiger partial charge is 0.0699 e. The molecule has 1 unspecified atom stereocenters. The lowest BCUT2D eigenvalue weighted by atomic mass is 9.75. The van der Waals surface area contributed by atoms with E-state index in [1.807, 2.05) is 0 Å². The summed E-state index contributed by atoms with van der Waals surface area (Å²) in [5.41, 5.74) is -0.403. The zero-order valence-electron chi connectivity index (χ0n) is 8.43. The number of hydrogen-bond donors (Lipinski definition) is 2. The minimum atomic E-state index is -0.403. The van der Waals surface area contributed by atoms with Crippen LogP contribution in [-0.4, -0.2) is 23.8 Å². The molecule has 2 N–H and O–H groups in total. The third-order valence-corrected chi connectivity index (χ3v) is 3.32. The summed E-state index contributed by atoms with van der Waals surface area (Å²) in [5, 5.41) is 13.5. The van der Waals surface area contributed by atoms with Gasteiger partial charge >= 0.3 is 0 Å². The van der Waals surface area contributed by atoms with Crippen molar-refractivity contribution in [1.29, 1.82) is 0 Å².